The zero-order valence-corrected chi connectivity index (χ0v) is 12.3. The molecule has 2 amide bonds. The molecule has 0 aliphatic carbocycles. The number of fused-ring (bicyclic) bond motifs is 1. The second-order valence-corrected chi connectivity index (χ2v) is 5.31. The Morgan fingerprint density at radius 2 is 2.30 bits per heavy atom. The fourth-order valence-electron chi connectivity index (χ4n) is 2.25. The molecule has 1 aromatic heterocycles. The molecule has 0 bridgehead atoms. The standard InChI is InChI=1S/C15H15N5O3/c1-2-3-4-15(19-20-15)5-6-16-13(22)10-7-11-14(17-8-10)23-9-12(21)18-11/h1,7-8H,3-6,9H2,(H,16,22)(H,18,21). The third-order valence-electron chi connectivity index (χ3n) is 3.59. The Kier molecular flexibility index (Phi) is 3.93. The Morgan fingerprint density at radius 3 is 3.04 bits per heavy atom. The lowest BCUT2D eigenvalue weighted by Crippen LogP contribution is -2.29. The SMILES string of the molecule is C#CCCC1(CCNC(=O)c2cnc3c(c2)NC(=O)CO3)N=N1. The lowest BCUT2D eigenvalue weighted by atomic mass is 10.0. The van der Waals surface area contributed by atoms with E-state index in [1.165, 1.54) is 12.3 Å². The molecule has 0 radical (unpaired) electrons. The van der Waals surface area contributed by atoms with Crippen molar-refractivity contribution in [3.8, 4) is 18.2 Å². The van der Waals surface area contributed by atoms with Crippen LogP contribution in [0.1, 0.15) is 29.6 Å². The van der Waals surface area contributed by atoms with Crippen LogP contribution in [-0.4, -0.2) is 35.6 Å². The Hall–Kier alpha value is -2.95. The van der Waals surface area contributed by atoms with Gasteiger partial charge in [0.05, 0.1) is 5.56 Å². The summed E-state index contributed by atoms with van der Waals surface area (Å²) in [7, 11) is 0. The summed E-state index contributed by atoms with van der Waals surface area (Å²) in [5, 5.41) is 13.4. The highest BCUT2D eigenvalue weighted by atomic mass is 16.5. The van der Waals surface area contributed by atoms with Gasteiger partial charge in [-0.15, -0.1) is 12.3 Å². The predicted molar refractivity (Wildman–Crippen MR) is 81.0 cm³/mol. The average Bonchev–Trinajstić information content (AvgIpc) is 3.32. The maximum Gasteiger partial charge on any atom is 0.262 e. The van der Waals surface area contributed by atoms with E-state index >= 15 is 0 Å². The van der Waals surface area contributed by atoms with Crippen molar-refractivity contribution in [2.24, 2.45) is 10.2 Å². The van der Waals surface area contributed by atoms with Gasteiger partial charge in [-0.05, 0) is 6.07 Å². The molecular formula is C15H15N5O3. The predicted octanol–water partition coefficient (Wildman–Crippen LogP) is 1.11. The second kappa shape index (κ2) is 6.04. The smallest absolute Gasteiger partial charge is 0.262 e. The van der Waals surface area contributed by atoms with Gasteiger partial charge in [0.2, 0.25) is 5.88 Å². The number of carbonyl (C=O) groups is 2. The van der Waals surface area contributed by atoms with Crippen LogP contribution < -0.4 is 15.4 Å². The van der Waals surface area contributed by atoms with E-state index < -0.39 is 5.66 Å². The lowest BCUT2D eigenvalue weighted by Gasteiger charge is -2.17. The number of nitrogens with one attached hydrogen (secondary N) is 2. The molecule has 2 aliphatic heterocycles. The maximum atomic E-state index is 12.1. The zero-order chi connectivity index (χ0) is 16.3. The first kappa shape index (κ1) is 15.0. The Balaban J connectivity index is 1.54. The molecule has 8 heteroatoms. The van der Waals surface area contributed by atoms with E-state index in [4.69, 9.17) is 11.2 Å². The lowest BCUT2D eigenvalue weighted by molar-refractivity contribution is -0.118. The molecule has 0 unspecified atom stereocenters. The summed E-state index contributed by atoms with van der Waals surface area (Å²) in [5.41, 5.74) is 0.318. The number of anilines is 1. The minimum atomic E-state index is -0.421. The van der Waals surface area contributed by atoms with Crippen LogP contribution in [0, 0.1) is 12.3 Å². The summed E-state index contributed by atoms with van der Waals surface area (Å²) < 4.78 is 5.15. The first-order chi connectivity index (χ1) is 11.1. The maximum absolute atomic E-state index is 12.1. The molecule has 23 heavy (non-hydrogen) atoms. The number of pyridine rings is 1. The summed E-state index contributed by atoms with van der Waals surface area (Å²) in [6, 6.07) is 1.54. The highest BCUT2D eigenvalue weighted by molar-refractivity contribution is 5.99. The summed E-state index contributed by atoms with van der Waals surface area (Å²) in [6.07, 6.45) is 8.55. The Morgan fingerprint density at radius 1 is 1.48 bits per heavy atom. The highest BCUT2D eigenvalue weighted by Gasteiger charge is 2.38. The van der Waals surface area contributed by atoms with Crippen LogP contribution in [0.15, 0.2) is 22.5 Å². The van der Waals surface area contributed by atoms with E-state index in [0.29, 0.717) is 42.9 Å². The van der Waals surface area contributed by atoms with Gasteiger partial charge < -0.3 is 15.4 Å². The molecular weight excluding hydrogens is 298 g/mol. The van der Waals surface area contributed by atoms with Crippen molar-refractivity contribution in [2.45, 2.75) is 24.9 Å². The molecule has 0 fully saturated rings. The number of ether oxygens (including phenoxy) is 1. The minimum absolute atomic E-state index is 0.0711. The molecule has 0 saturated carbocycles. The van der Waals surface area contributed by atoms with Crippen LogP contribution in [0.5, 0.6) is 5.88 Å². The molecule has 0 atom stereocenters. The van der Waals surface area contributed by atoms with Crippen molar-refractivity contribution in [1.82, 2.24) is 10.3 Å². The first-order valence-electron chi connectivity index (χ1n) is 7.20. The van der Waals surface area contributed by atoms with Crippen LogP contribution >= 0.6 is 0 Å². The quantitative estimate of drug-likeness (QED) is 0.767. The summed E-state index contributed by atoms with van der Waals surface area (Å²) in [5.74, 6) is 2.31. The Labute approximate surface area is 132 Å². The number of hydrogen-bond acceptors (Lipinski definition) is 6. The number of carbonyl (C=O) groups excluding carboxylic acids is 2. The fourth-order valence-corrected chi connectivity index (χ4v) is 2.25. The van der Waals surface area contributed by atoms with E-state index in [2.05, 4.69) is 31.8 Å². The van der Waals surface area contributed by atoms with Gasteiger partial charge in [0.25, 0.3) is 11.8 Å². The van der Waals surface area contributed by atoms with E-state index in [9.17, 15) is 9.59 Å². The normalized spacial score (nSPS) is 16.6. The van der Waals surface area contributed by atoms with Gasteiger partial charge in [0, 0.05) is 32.0 Å². The largest absolute Gasteiger partial charge is 0.466 e. The van der Waals surface area contributed by atoms with Gasteiger partial charge in [-0.2, -0.15) is 10.2 Å². The van der Waals surface area contributed by atoms with Crippen molar-refractivity contribution >= 4 is 17.5 Å². The molecule has 2 aliphatic rings. The molecule has 118 valence electrons. The topological polar surface area (TPSA) is 105 Å². The third-order valence-corrected chi connectivity index (χ3v) is 3.59. The monoisotopic (exact) mass is 313 g/mol. The number of aromatic nitrogens is 1. The summed E-state index contributed by atoms with van der Waals surface area (Å²) in [4.78, 5) is 27.4. The van der Waals surface area contributed by atoms with Crippen LogP contribution in [0.2, 0.25) is 0 Å². The average molecular weight is 313 g/mol. The minimum Gasteiger partial charge on any atom is -0.466 e. The first-order valence-corrected chi connectivity index (χ1v) is 7.20. The van der Waals surface area contributed by atoms with Crippen LogP contribution in [0.3, 0.4) is 0 Å². The number of rotatable bonds is 6. The van der Waals surface area contributed by atoms with Crippen molar-refractivity contribution < 1.29 is 14.3 Å². The zero-order valence-electron chi connectivity index (χ0n) is 12.3. The van der Waals surface area contributed by atoms with Gasteiger partial charge in [-0.1, -0.05) is 0 Å². The highest BCUT2D eigenvalue weighted by Crippen LogP contribution is 2.36. The molecule has 1 aromatic rings. The van der Waals surface area contributed by atoms with Crippen molar-refractivity contribution in [3.05, 3.63) is 17.8 Å². The number of hydrogen-bond donors (Lipinski definition) is 2. The summed E-state index contributed by atoms with van der Waals surface area (Å²) >= 11 is 0. The van der Waals surface area contributed by atoms with Gasteiger partial charge in [-0.25, -0.2) is 4.98 Å². The molecule has 0 saturated heterocycles. The molecule has 0 spiro atoms. The van der Waals surface area contributed by atoms with E-state index in [0.717, 1.165) is 0 Å². The number of amides is 2. The van der Waals surface area contributed by atoms with Gasteiger partial charge >= 0.3 is 0 Å². The van der Waals surface area contributed by atoms with E-state index in [-0.39, 0.29) is 18.4 Å². The van der Waals surface area contributed by atoms with Gasteiger partial charge in [-0.3, -0.25) is 9.59 Å². The molecule has 2 N–H and O–H groups in total. The van der Waals surface area contributed by atoms with Crippen molar-refractivity contribution in [1.29, 1.82) is 0 Å². The molecule has 8 nitrogen and oxygen atoms in total. The molecule has 0 aromatic carbocycles. The summed E-state index contributed by atoms with van der Waals surface area (Å²) in [6.45, 7) is 0.356. The van der Waals surface area contributed by atoms with Gasteiger partial charge in [0.1, 0.15) is 5.69 Å². The molecule has 3 heterocycles. The van der Waals surface area contributed by atoms with Crippen molar-refractivity contribution in [3.63, 3.8) is 0 Å². The van der Waals surface area contributed by atoms with E-state index in [1.54, 1.807) is 0 Å². The number of terminal acetylenes is 1. The second-order valence-electron chi connectivity index (χ2n) is 5.31. The van der Waals surface area contributed by atoms with Crippen LogP contribution in [0.4, 0.5) is 5.69 Å². The molecule has 3 rings (SSSR count). The van der Waals surface area contributed by atoms with Gasteiger partial charge in [0.15, 0.2) is 12.3 Å². The van der Waals surface area contributed by atoms with Crippen LogP contribution in [-0.2, 0) is 4.79 Å². The number of nitrogens with zero attached hydrogens (tertiary/aromatic N) is 3. The fraction of sp³-hybridized carbons (Fsp3) is 0.400. The van der Waals surface area contributed by atoms with Crippen molar-refractivity contribution in [2.75, 3.05) is 18.5 Å². The Bertz CT molecular complexity index is 716. The van der Waals surface area contributed by atoms with E-state index in [1.807, 2.05) is 0 Å². The van der Waals surface area contributed by atoms with Crippen LogP contribution in [0.25, 0.3) is 0 Å². The third kappa shape index (κ3) is 3.45.